The van der Waals surface area contributed by atoms with Crippen LogP contribution >= 0.6 is 11.6 Å². The molecule has 0 spiro atoms. The maximum Gasteiger partial charge on any atom is 0.328 e. The molecule has 0 saturated heterocycles. The molecule has 110 valence electrons. The summed E-state index contributed by atoms with van der Waals surface area (Å²) in [6, 6.07) is 5.53. The molecule has 1 aromatic heterocycles. The van der Waals surface area contributed by atoms with Crippen LogP contribution in [0.2, 0.25) is 5.02 Å². The largest absolute Gasteiger partial charge is 0.478 e. The van der Waals surface area contributed by atoms with E-state index in [2.05, 4.69) is 5.10 Å². The van der Waals surface area contributed by atoms with Gasteiger partial charge in [-0.15, -0.1) is 0 Å². The Labute approximate surface area is 128 Å². The molecule has 0 aliphatic heterocycles. The van der Waals surface area contributed by atoms with E-state index in [4.69, 9.17) is 16.7 Å². The SMILES string of the molecule is CN(Cc1cnn(C)c1)c1ccc(/C=C/C(=O)O)c(Cl)c1. The smallest absolute Gasteiger partial charge is 0.328 e. The molecule has 0 aliphatic rings. The van der Waals surface area contributed by atoms with Gasteiger partial charge in [-0.2, -0.15) is 5.10 Å². The molecule has 5 nitrogen and oxygen atoms in total. The summed E-state index contributed by atoms with van der Waals surface area (Å²) in [6.45, 7) is 0.717. The molecule has 6 heteroatoms. The number of carbonyl (C=O) groups is 1. The highest BCUT2D eigenvalue weighted by Crippen LogP contribution is 2.25. The zero-order valence-electron chi connectivity index (χ0n) is 11.8. The van der Waals surface area contributed by atoms with E-state index in [1.807, 2.05) is 43.5 Å². The highest BCUT2D eigenvalue weighted by atomic mass is 35.5. The first-order valence-electron chi connectivity index (χ1n) is 6.35. The summed E-state index contributed by atoms with van der Waals surface area (Å²) in [5.74, 6) is -0.996. The van der Waals surface area contributed by atoms with Gasteiger partial charge in [-0.25, -0.2) is 4.79 Å². The summed E-state index contributed by atoms with van der Waals surface area (Å²) in [6.07, 6.45) is 6.33. The standard InChI is InChI=1S/C15H16ClN3O2/c1-18(9-11-8-17-19(2)10-11)13-5-3-12(14(16)7-13)4-6-15(20)21/h3-8,10H,9H2,1-2H3,(H,20,21)/b6-4+. The van der Waals surface area contributed by atoms with Crippen LogP contribution < -0.4 is 4.90 Å². The van der Waals surface area contributed by atoms with Gasteiger partial charge >= 0.3 is 5.97 Å². The number of carboxylic acids is 1. The Hall–Kier alpha value is -2.27. The number of hydrogen-bond donors (Lipinski definition) is 1. The number of aromatic nitrogens is 2. The maximum absolute atomic E-state index is 10.5. The Morgan fingerprint density at radius 3 is 2.86 bits per heavy atom. The van der Waals surface area contributed by atoms with E-state index >= 15 is 0 Å². The molecule has 21 heavy (non-hydrogen) atoms. The van der Waals surface area contributed by atoms with Crippen LogP contribution in [0.5, 0.6) is 0 Å². The first-order chi connectivity index (χ1) is 9.95. The van der Waals surface area contributed by atoms with Gasteiger partial charge in [-0.05, 0) is 23.8 Å². The minimum atomic E-state index is -0.996. The fourth-order valence-corrected chi connectivity index (χ4v) is 2.21. The molecule has 0 unspecified atom stereocenters. The Bertz CT molecular complexity index is 679. The average molecular weight is 306 g/mol. The van der Waals surface area contributed by atoms with Crippen molar-refractivity contribution in [2.24, 2.45) is 7.05 Å². The lowest BCUT2D eigenvalue weighted by Gasteiger charge is -2.19. The summed E-state index contributed by atoms with van der Waals surface area (Å²) >= 11 is 6.18. The number of carboxylic acid groups (broad SMARTS) is 1. The summed E-state index contributed by atoms with van der Waals surface area (Å²) in [7, 11) is 3.84. The molecule has 0 radical (unpaired) electrons. The van der Waals surface area contributed by atoms with Gasteiger partial charge in [0.25, 0.3) is 0 Å². The zero-order valence-corrected chi connectivity index (χ0v) is 12.6. The van der Waals surface area contributed by atoms with Crippen LogP contribution in [-0.2, 0) is 18.4 Å². The fourth-order valence-electron chi connectivity index (χ4n) is 1.97. The van der Waals surface area contributed by atoms with Crippen LogP contribution in [0.3, 0.4) is 0 Å². The van der Waals surface area contributed by atoms with Gasteiger partial charge in [-0.3, -0.25) is 4.68 Å². The lowest BCUT2D eigenvalue weighted by Crippen LogP contribution is -2.15. The molecule has 1 N–H and O–H groups in total. The normalized spacial score (nSPS) is 11.0. The van der Waals surface area contributed by atoms with E-state index in [0.717, 1.165) is 17.3 Å². The molecule has 2 rings (SSSR count). The number of nitrogens with zero attached hydrogens (tertiary/aromatic N) is 3. The molecule has 1 aromatic carbocycles. The van der Waals surface area contributed by atoms with Crippen LogP contribution in [-0.4, -0.2) is 27.9 Å². The predicted molar refractivity (Wildman–Crippen MR) is 83.4 cm³/mol. The third kappa shape index (κ3) is 4.10. The second-order valence-electron chi connectivity index (χ2n) is 4.76. The van der Waals surface area contributed by atoms with Crippen molar-refractivity contribution >= 4 is 29.3 Å². The Kier molecular flexibility index (Phi) is 4.65. The van der Waals surface area contributed by atoms with E-state index < -0.39 is 5.97 Å². The molecule has 0 amide bonds. The number of aryl methyl sites for hydroxylation is 1. The Balaban J connectivity index is 2.13. The molecular formula is C15H16ClN3O2. The van der Waals surface area contributed by atoms with Gasteiger partial charge in [0.2, 0.25) is 0 Å². The number of halogens is 1. The van der Waals surface area contributed by atoms with Crippen LogP contribution in [0.15, 0.2) is 36.7 Å². The zero-order chi connectivity index (χ0) is 15.4. The topological polar surface area (TPSA) is 58.4 Å². The van der Waals surface area contributed by atoms with Crippen LogP contribution in [0.25, 0.3) is 6.08 Å². The van der Waals surface area contributed by atoms with E-state index in [9.17, 15) is 4.79 Å². The van der Waals surface area contributed by atoms with E-state index in [1.165, 1.54) is 6.08 Å². The van der Waals surface area contributed by atoms with Crippen molar-refractivity contribution < 1.29 is 9.90 Å². The van der Waals surface area contributed by atoms with Gasteiger partial charge in [0.1, 0.15) is 0 Å². The van der Waals surface area contributed by atoms with Crippen LogP contribution in [0.1, 0.15) is 11.1 Å². The molecule has 0 fully saturated rings. The second kappa shape index (κ2) is 6.45. The van der Waals surface area contributed by atoms with Gasteiger partial charge in [-0.1, -0.05) is 17.7 Å². The van der Waals surface area contributed by atoms with Crippen molar-refractivity contribution in [3.63, 3.8) is 0 Å². The predicted octanol–water partition coefficient (Wildman–Crippen LogP) is 2.81. The first kappa shape index (κ1) is 15.1. The quantitative estimate of drug-likeness (QED) is 0.863. The molecule has 0 aliphatic carbocycles. The lowest BCUT2D eigenvalue weighted by atomic mass is 10.1. The van der Waals surface area contributed by atoms with Gasteiger partial charge in [0.05, 0.1) is 6.20 Å². The summed E-state index contributed by atoms with van der Waals surface area (Å²) in [4.78, 5) is 12.6. The highest BCUT2D eigenvalue weighted by Gasteiger charge is 2.06. The molecule has 2 aromatic rings. The van der Waals surface area contributed by atoms with Crippen molar-refractivity contribution in [3.05, 3.63) is 52.8 Å². The number of aliphatic carboxylic acids is 1. The van der Waals surface area contributed by atoms with E-state index in [-0.39, 0.29) is 0 Å². The molecule has 0 atom stereocenters. The Morgan fingerprint density at radius 2 is 2.29 bits per heavy atom. The van der Waals surface area contributed by atoms with Crippen LogP contribution in [0, 0.1) is 0 Å². The van der Waals surface area contributed by atoms with Crippen molar-refractivity contribution in [2.75, 3.05) is 11.9 Å². The monoisotopic (exact) mass is 305 g/mol. The molecular weight excluding hydrogens is 290 g/mol. The van der Waals surface area contributed by atoms with Crippen LogP contribution in [0.4, 0.5) is 5.69 Å². The van der Waals surface area contributed by atoms with Gasteiger partial charge in [0, 0.05) is 49.2 Å². The minimum Gasteiger partial charge on any atom is -0.478 e. The third-order valence-electron chi connectivity index (χ3n) is 3.01. The number of benzene rings is 1. The molecule has 0 saturated carbocycles. The average Bonchev–Trinajstić information content (AvgIpc) is 2.82. The Morgan fingerprint density at radius 1 is 1.52 bits per heavy atom. The van der Waals surface area contributed by atoms with Crippen molar-refractivity contribution in [2.45, 2.75) is 6.54 Å². The van der Waals surface area contributed by atoms with Gasteiger partial charge < -0.3 is 10.0 Å². The maximum atomic E-state index is 10.5. The summed E-state index contributed by atoms with van der Waals surface area (Å²) in [5.41, 5.74) is 2.74. The van der Waals surface area contributed by atoms with Gasteiger partial charge in [0.15, 0.2) is 0 Å². The number of rotatable bonds is 5. The second-order valence-corrected chi connectivity index (χ2v) is 5.16. The number of anilines is 1. The minimum absolute atomic E-state index is 0.517. The highest BCUT2D eigenvalue weighted by molar-refractivity contribution is 6.32. The molecule has 1 heterocycles. The lowest BCUT2D eigenvalue weighted by molar-refractivity contribution is -0.131. The number of hydrogen-bond acceptors (Lipinski definition) is 3. The van der Waals surface area contributed by atoms with Crippen molar-refractivity contribution in [1.82, 2.24) is 9.78 Å². The summed E-state index contributed by atoms with van der Waals surface area (Å²) in [5, 5.41) is 13.3. The third-order valence-corrected chi connectivity index (χ3v) is 3.34. The van der Waals surface area contributed by atoms with Crippen molar-refractivity contribution in [3.8, 4) is 0 Å². The van der Waals surface area contributed by atoms with E-state index in [0.29, 0.717) is 17.1 Å². The molecule has 0 bridgehead atoms. The van der Waals surface area contributed by atoms with E-state index in [1.54, 1.807) is 10.7 Å². The first-order valence-corrected chi connectivity index (χ1v) is 6.72. The summed E-state index contributed by atoms with van der Waals surface area (Å²) < 4.78 is 1.76. The van der Waals surface area contributed by atoms with Crippen molar-refractivity contribution in [1.29, 1.82) is 0 Å². The fraction of sp³-hybridized carbons (Fsp3) is 0.200.